The first kappa shape index (κ1) is 16.5. The first-order valence-corrected chi connectivity index (χ1v) is 10.2. The van der Waals surface area contributed by atoms with Gasteiger partial charge in [0.05, 0.1) is 4.88 Å². The SMILES string of the molecule is O=C1CC(c2ccccc2)CC2=C1CC(c1ccccc1)(c1cccs1)O2. The maximum atomic E-state index is 13.0. The van der Waals surface area contributed by atoms with E-state index < -0.39 is 5.60 Å². The Morgan fingerprint density at radius 1 is 0.889 bits per heavy atom. The van der Waals surface area contributed by atoms with E-state index in [0.717, 1.165) is 28.2 Å². The second-order valence-electron chi connectivity index (χ2n) is 7.29. The average Bonchev–Trinajstić information content (AvgIpc) is 3.38. The van der Waals surface area contributed by atoms with Gasteiger partial charge in [-0.05, 0) is 22.9 Å². The number of ether oxygens (including phenoxy) is 1. The lowest BCUT2D eigenvalue weighted by Crippen LogP contribution is -2.26. The van der Waals surface area contributed by atoms with E-state index in [2.05, 4.69) is 41.8 Å². The van der Waals surface area contributed by atoms with E-state index in [1.807, 2.05) is 36.4 Å². The minimum Gasteiger partial charge on any atom is -0.481 e. The summed E-state index contributed by atoms with van der Waals surface area (Å²) in [7, 11) is 0. The molecule has 0 saturated heterocycles. The summed E-state index contributed by atoms with van der Waals surface area (Å²) < 4.78 is 6.67. The Balaban J connectivity index is 1.54. The fourth-order valence-corrected chi connectivity index (χ4v) is 5.22. The lowest BCUT2D eigenvalue weighted by molar-refractivity contribution is -0.116. The first-order chi connectivity index (χ1) is 13.3. The Morgan fingerprint density at radius 2 is 1.63 bits per heavy atom. The zero-order valence-electron chi connectivity index (χ0n) is 14.9. The van der Waals surface area contributed by atoms with E-state index in [1.165, 1.54) is 5.56 Å². The molecular formula is C24H20O2S. The normalized spacial score (nSPS) is 24.6. The van der Waals surface area contributed by atoms with Crippen LogP contribution >= 0.6 is 11.3 Å². The number of rotatable bonds is 3. The van der Waals surface area contributed by atoms with E-state index in [9.17, 15) is 4.79 Å². The number of carbonyl (C=O) groups is 1. The maximum absolute atomic E-state index is 13.0. The van der Waals surface area contributed by atoms with Gasteiger partial charge in [-0.3, -0.25) is 4.79 Å². The van der Waals surface area contributed by atoms with Gasteiger partial charge in [0.15, 0.2) is 11.4 Å². The minimum absolute atomic E-state index is 0.201. The number of hydrogen-bond donors (Lipinski definition) is 0. The summed E-state index contributed by atoms with van der Waals surface area (Å²) >= 11 is 1.69. The minimum atomic E-state index is -0.568. The first-order valence-electron chi connectivity index (χ1n) is 9.35. The van der Waals surface area contributed by atoms with Crippen molar-refractivity contribution >= 4 is 17.1 Å². The Bertz CT molecular complexity index is 989. The van der Waals surface area contributed by atoms with E-state index in [4.69, 9.17) is 4.74 Å². The molecule has 27 heavy (non-hydrogen) atoms. The summed E-state index contributed by atoms with van der Waals surface area (Å²) in [6.07, 6.45) is 2.00. The summed E-state index contributed by atoms with van der Waals surface area (Å²) in [6, 6.07) is 24.8. The highest BCUT2D eigenvalue weighted by Gasteiger charge is 2.48. The molecular weight excluding hydrogens is 352 g/mol. The second-order valence-corrected chi connectivity index (χ2v) is 8.24. The highest BCUT2D eigenvalue weighted by atomic mass is 32.1. The molecule has 5 rings (SSSR count). The molecule has 0 bridgehead atoms. The van der Waals surface area contributed by atoms with E-state index >= 15 is 0 Å². The number of Topliss-reactive ketones (excluding diaryl/α,β-unsaturated/α-hetero) is 1. The molecule has 2 aromatic carbocycles. The molecule has 1 aliphatic carbocycles. The van der Waals surface area contributed by atoms with Crippen molar-refractivity contribution in [3.63, 3.8) is 0 Å². The van der Waals surface area contributed by atoms with Gasteiger partial charge in [-0.1, -0.05) is 66.7 Å². The van der Waals surface area contributed by atoms with Crippen LogP contribution in [-0.2, 0) is 15.1 Å². The molecule has 2 atom stereocenters. The zero-order valence-corrected chi connectivity index (χ0v) is 15.7. The van der Waals surface area contributed by atoms with Crippen LogP contribution < -0.4 is 0 Å². The van der Waals surface area contributed by atoms with Crippen LogP contribution in [0.25, 0.3) is 0 Å². The molecule has 2 heterocycles. The van der Waals surface area contributed by atoms with Gasteiger partial charge in [-0.2, -0.15) is 0 Å². The van der Waals surface area contributed by atoms with Crippen LogP contribution in [0.4, 0.5) is 0 Å². The van der Waals surface area contributed by atoms with E-state index in [-0.39, 0.29) is 11.7 Å². The average molecular weight is 372 g/mol. The fourth-order valence-electron chi connectivity index (χ4n) is 4.33. The predicted octanol–water partition coefficient (Wildman–Crippen LogP) is 5.81. The third-order valence-electron chi connectivity index (χ3n) is 5.69. The number of thiophene rings is 1. The largest absolute Gasteiger partial charge is 0.481 e. The maximum Gasteiger partial charge on any atom is 0.172 e. The second kappa shape index (κ2) is 6.50. The molecule has 0 spiro atoms. The van der Waals surface area contributed by atoms with Gasteiger partial charge in [0.2, 0.25) is 0 Å². The highest BCUT2D eigenvalue weighted by Crippen LogP contribution is 2.52. The Hall–Kier alpha value is -2.65. The molecule has 0 saturated carbocycles. The van der Waals surface area contributed by atoms with Crippen LogP contribution in [0.1, 0.15) is 41.2 Å². The van der Waals surface area contributed by atoms with Gasteiger partial charge < -0.3 is 4.74 Å². The molecule has 0 N–H and O–H groups in total. The Kier molecular flexibility index (Phi) is 3.98. The lowest BCUT2D eigenvalue weighted by atomic mass is 9.80. The fraction of sp³-hybridized carbons (Fsp3) is 0.208. The number of allylic oxidation sites excluding steroid dienone is 1. The van der Waals surface area contributed by atoms with Crippen molar-refractivity contribution in [2.45, 2.75) is 30.8 Å². The molecule has 0 fully saturated rings. The molecule has 134 valence electrons. The standard InChI is InChI=1S/C24H20O2S/c25-21-14-18(17-8-3-1-4-9-17)15-22-20(21)16-24(26-22,23-12-7-13-27-23)19-10-5-2-6-11-19/h1-13,18H,14-16H2. The van der Waals surface area contributed by atoms with Crippen molar-refractivity contribution in [2.75, 3.05) is 0 Å². The highest BCUT2D eigenvalue weighted by molar-refractivity contribution is 7.10. The van der Waals surface area contributed by atoms with Crippen molar-refractivity contribution in [3.8, 4) is 0 Å². The van der Waals surface area contributed by atoms with Crippen LogP contribution in [0.5, 0.6) is 0 Å². The molecule has 2 aliphatic rings. The van der Waals surface area contributed by atoms with Gasteiger partial charge >= 0.3 is 0 Å². The Labute approximate surface area is 163 Å². The molecule has 2 unspecified atom stereocenters. The van der Waals surface area contributed by atoms with Gasteiger partial charge in [-0.15, -0.1) is 11.3 Å². The van der Waals surface area contributed by atoms with E-state index in [1.54, 1.807) is 11.3 Å². The van der Waals surface area contributed by atoms with Crippen molar-refractivity contribution in [1.82, 2.24) is 0 Å². The lowest BCUT2D eigenvalue weighted by Gasteiger charge is -2.30. The molecule has 2 nitrogen and oxygen atoms in total. The summed E-state index contributed by atoms with van der Waals surface area (Å²) in [5, 5.41) is 2.08. The summed E-state index contributed by atoms with van der Waals surface area (Å²) in [4.78, 5) is 14.2. The summed E-state index contributed by atoms with van der Waals surface area (Å²) in [6.45, 7) is 0. The van der Waals surface area contributed by atoms with Crippen molar-refractivity contribution in [1.29, 1.82) is 0 Å². The van der Waals surface area contributed by atoms with Crippen LogP contribution in [0.2, 0.25) is 0 Å². The van der Waals surface area contributed by atoms with Gasteiger partial charge in [0, 0.05) is 30.4 Å². The quantitative estimate of drug-likeness (QED) is 0.580. The molecule has 0 amide bonds. The number of carbonyl (C=O) groups excluding carboxylic acids is 1. The van der Waals surface area contributed by atoms with Crippen molar-refractivity contribution in [2.24, 2.45) is 0 Å². The van der Waals surface area contributed by atoms with Gasteiger partial charge in [-0.25, -0.2) is 0 Å². The van der Waals surface area contributed by atoms with E-state index in [0.29, 0.717) is 12.8 Å². The molecule has 1 aromatic heterocycles. The van der Waals surface area contributed by atoms with Crippen LogP contribution in [0.15, 0.2) is 89.5 Å². The zero-order chi connectivity index (χ0) is 18.3. The summed E-state index contributed by atoms with van der Waals surface area (Å²) in [5.41, 5.74) is 2.65. The van der Waals surface area contributed by atoms with Gasteiger partial charge in [0.25, 0.3) is 0 Å². The Morgan fingerprint density at radius 3 is 2.33 bits per heavy atom. The molecule has 3 aromatic rings. The number of benzene rings is 2. The smallest absolute Gasteiger partial charge is 0.172 e. The van der Waals surface area contributed by atoms with Gasteiger partial charge in [0.1, 0.15) is 5.76 Å². The number of ketones is 1. The molecule has 1 aliphatic heterocycles. The topological polar surface area (TPSA) is 26.3 Å². The predicted molar refractivity (Wildman–Crippen MR) is 108 cm³/mol. The third-order valence-corrected chi connectivity index (χ3v) is 6.70. The van der Waals surface area contributed by atoms with Crippen LogP contribution in [-0.4, -0.2) is 5.78 Å². The third kappa shape index (κ3) is 2.74. The van der Waals surface area contributed by atoms with Crippen molar-refractivity contribution in [3.05, 3.63) is 106 Å². The monoisotopic (exact) mass is 372 g/mol. The number of hydrogen-bond acceptors (Lipinski definition) is 3. The molecule has 3 heteroatoms. The molecule has 0 radical (unpaired) electrons. The van der Waals surface area contributed by atoms with Crippen molar-refractivity contribution < 1.29 is 9.53 Å². The van der Waals surface area contributed by atoms with Crippen LogP contribution in [0.3, 0.4) is 0 Å². The summed E-state index contributed by atoms with van der Waals surface area (Å²) in [5.74, 6) is 1.32. The van der Waals surface area contributed by atoms with Crippen LogP contribution in [0, 0.1) is 0 Å².